The largest absolute Gasteiger partial charge is 0.356 e. The Morgan fingerprint density at radius 2 is 1.90 bits per heavy atom. The minimum atomic E-state index is 0.317. The van der Waals surface area contributed by atoms with Gasteiger partial charge in [-0.05, 0) is 56.6 Å². The van der Waals surface area contributed by atoms with Crippen LogP contribution in [0.2, 0.25) is 0 Å². The summed E-state index contributed by atoms with van der Waals surface area (Å²) in [6, 6.07) is 4.21. The predicted molar refractivity (Wildman–Crippen MR) is 121 cm³/mol. The van der Waals surface area contributed by atoms with E-state index in [1.54, 1.807) is 0 Å². The van der Waals surface area contributed by atoms with Gasteiger partial charge >= 0.3 is 0 Å². The summed E-state index contributed by atoms with van der Waals surface area (Å²) in [6.45, 7) is 15.5. The molecule has 4 rings (SSSR count). The zero-order valence-corrected chi connectivity index (χ0v) is 18.7. The minimum absolute atomic E-state index is 0.317. The molecule has 0 atom stereocenters. The van der Waals surface area contributed by atoms with Crippen LogP contribution in [0.5, 0.6) is 0 Å². The van der Waals surface area contributed by atoms with Gasteiger partial charge < -0.3 is 4.90 Å². The van der Waals surface area contributed by atoms with Crippen molar-refractivity contribution in [3.8, 4) is 11.4 Å². The average Bonchev–Trinajstić information content (AvgIpc) is 3.07. The van der Waals surface area contributed by atoms with Crippen LogP contribution in [0.15, 0.2) is 12.1 Å². The van der Waals surface area contributed by atoms with E-state index in [-0.39, 0.29) is 0 Å². The van der Waals surface area contributed by atoms with Crippen LogP contribution in [-0.2, 0) is 12.8 Å². The molecule has 0 bridgehead atoms. The summed E-state index contributed by atoms with van der Waals surface area (Å²) in [5, 5.41) is 8.74. The molecule has 1 aliphatic rings. The molecule has 0 spiro atoms. The number of fused-ring (bicyclic) bond motifs is 1. The highest BCUT2D eigenvalue weighted by Crippen LogP contribution is 2.36. The molecule has 154 valence electrons. The molecule has 0 saturated carbocycles. The zero-order chi connectivity index (χ0) is 20.8. The summed E-state index contributed by atoms with van der Waals surface area (Å²) in [4.78, 5) is 12.8. The Bertz CT molecular complexity index is 1050. The van der Waals surface area contributed by atoms with Gasteiger partial charge in [-0.25, -0.2) is 9.97 Å². The Morgan fingerprint density at radius 1 is 1.10 bits per heavy atom. The van der Waals surface area contributed by atoms with E-state index in [9.17, 15) is 0 Å². The first-order valence-electron chi connectivity index (χ1n) is 10.9. The first-order valence-corrected chi connectivity index (χ1v) is 10.9. The minimum Gasteiger partial charge on any atom is -0.356 e. The Hall–Kier alpha value is -2.43. The molecule has 1 N–H and O–H groups in total. The number of nitrogens with zero attached hydrogens (tertiary/aromatic N) is 4. The fourth-order valence-electron chi connectivity index (χ4n) is 4.81. The molecule has 5 nitrogen and oxygen atoms in total. The summed E-state index contributed by atoms with van der Waals surface area (Å²) < 4.78 is 0. The van der Waals surface area contributed by atoms with Gasteiger partial charge in [-0.15, -0.1) is 0 Å². The molecule has 0 aliphatic carbocycles. The lowest BCUT2D eigenvalue weighted by molar-refractivity contribution is 0.291. The van der Waals surface area contributed by atoms with Crippen molar-refractivity contribution in [2.45, 2.75) is 67.2 Å². The molecular weight excluding hydrogens is 358 g/mol. The Labute approximate surface area is 174 Å². The van der Waals surface area contributed by atoms with E-state index in [0.717, 1.165) is 59.7 Å². The second kappa shape index (κ2) is 7.43. The lowest BCUT2D eigenvalue weighted by atomic mass is 9.84. The van der Waals surface area contributed by atoms with Crippen molar-refractivity contribution in [3.05, 3.63) is 34.6 Å². The molecule has 3 heterocycles. The van der Waals surface area contributed by atoms with Gasteiger partial charge in [-0.3, -0.25) is 5.10 Å². The van der Waals surface area contributed by atoms with Crippen LogP contribution in [0.4, 0.5) is 5.82 Å². The monoisotopic (exact) mass is 391 g/mol. The van der Waals surface area contributed by atoms with Crippen LogP contribution >= 0.6 is 0 Å². The van der Waals surface area contributed by atoms with Gasteiger partial charge in [0.05, 0.1) is 5.52 Å². The van der Waals surface area contributed by atoms with Gasteiger partial charge in [0.1, 0.15) is 5.82 Å². The molecular formula is C24H33N5. The van der Waals surface area contributed by atoms with Crippen LogP contribution in [-0.4, -0.2) is 33.3 Å². The van der Waals surface area contributed by atoms with Crippen molar-refractivity contribution in [2.75, 3.05) is 18.0 Å². The number of anilines is 1. The van der Waals surface area contributed by atoms with Gasteiger partial charge in [-0.1, -0.05) is 33.8 Å². The fourth-order valence-corrected chi connectivity index (χ4v) is 4.81. The van der Waals surface area contributed by atoms with E-state index < -0.39 is 0 Å². The molecule has 1 aromatic carbocycles. The van der Waals surface area contributed by atoms with Crippen LogP contribution in [0.25, 0.3) is 22.3 Å². The number of H-pyrrole nitrogens is 1. The fraction of sp³-hybridized carbons (Fsp3) is 0.542. The van der Waals surface area contributed by atoms with E-state index in [4.69, 9.17) is 9.97 Å². The molecule has 1 fully saturated rings. The van der Waals surface area contributed by atoms with E-state index in [1.165, 1.54) is 29.7 Å². The first-order chi connectivity index (χ1) is 13.8. The van der Waals surface area contributed by atoms with Crippen molar-refractivity contribution in [1.82, 2.24) is 20.2 Å². The number of aryl methyl sites for hydroxylation is 3. The van der Waals surface area contributed by atoms with E-state index >= 15 is 0 Å². The van der Waals surface area contributed by atoms with Gasteiger partial charge in [0.15, 0.2) is 5.82 Å². The maximum Gasteiger partial charge on any atom is 0.162 e. The lowest BCUT2D eigenvalue weighted by Crippen LogP contribution is -2.41. The normalized spacial score (nSPS) is 16.6. The van der Waals surface area contributed by atoms with Crippen molar-refractivity contribution < 1.29 is 0 Å². The highest BCUT2D eigenvalue weighted by Gasteiger charge is 2.29. The van der Waals surface area contributed by atoms with Crippen molar-refractivity contribution in [2.24, 2.45) is 5.41 Å². The van der Waals surface area contributed by atoms with E-state index in [2.05, 4.69) is 68.8 Å². The zero-order valence-electron chi connectivity index (χ0n) is 18.7. The second-order valence-electron chi connectivity index (χ2n) is 9.19. The van der Waals surface area contributed by atoms with Crippen LogP contribution in [0.3, 0.4) is 0 Å². The smallest absolute Gasteiger partial charge is 0.162 e. The van der Waals surface area contributed by atoms with Crippen LogP contribution in [0, 0.1) is 19.3 Å². The molecule has 0 unspecified atom stereocenters. The number of rotatable bonds is 4. The number of aromatic nitrogens is 4. The Kier molecular flexibility index (Phi) is 5.09. The third kappa shape index (κ3) is 3.52. The molecule has 29 heavy (non-hydrogen) atoms. The number of nitrogens with one attached hydrogen (secondary N) is 1. The van der Waals surface area contributed by atoms with Crippen molar-refractivity contribution in [1.29, 1.82) is 0 Å². The number of hydrogen-bond acceptors (Lipinski definition) is 4. The van der Waals surface area contributed by atoms with E-state index in [1.807, 2.05) is 0 Å². The summed E-state index contributed by atoms with van der Waals surface area (Å²) >= 11 is 0. The quantitative estimate of drug-likeness (QED) is 0.648. The van der Waals surface area contributed by atoms with Gasteiger partial charge in [0.2, 0.25) is 0 Å². The van der Waals surface area contributed by atoms with Crippen molar-refractivity contribution in [3.63, 3.8) is 0 Å². The summed E-state index contributed by atoms with van der Waals surface area (Å²) in [7, 11) is 0. The lowest BCUT2D eigenvalue weighted by Gasteiger charge is -2.39. The topological polar surface area (TPSA) is 57.7 Å². The SMILES string of the molecule is CCc1nc(-c2c(C)ccc3n[nH]c(C)c23)nc(N2CCCC(C)(C)C2)c1CC. The van der Waals surface area contributed by atoms with Crippen LogP contribution in [0.1, 0.15) is 63.1 Å². The molecule has 1 aliphatic heterocycles. The Balaban J connectivity index is 1.95. The standard InChI is InChI=1S/C24H33N5/c1-7-17-18(8-2)25-22(26-23(17)29-13-9-12-24(5,6)14-29)20-15(3)10-11-19-21(20)16(4)27-28-19/h10-11H,7-9,12-14H2,1-6H3,(H,27,28). The third-order valence-electron chi connectivity index (χ3n) is 6.29. The number of aromatic amines is 1. The number of piperidine rings is 1. The Morgan fingerprint density at radius 3 is 2.59 bits per heavy atom. The number of benzene rings is 1. The first kappa shape index (κ1) is 19.9. The molecule has 0 amide bonds. The van der Waals surface area contributed by atoms with Crippen LogP contribution < -0.4 is 4.90 Å². The van der Waals surface area contributed by atoms with Gasteiger partial charge in [-0.2, -0.15) is 5.10 Å². The van der Waals surface area contributed by atoms with Crippen molar-refractivity contribution >= 4 is 16.7 Å². The second-order valence-corrected chi connectivity index (χ2v) is 9.19. The molecule has 3 aromatic rings. The maximum absolute atomic E-state index is 5.22. The summed E-state index contributed by atoms with van der Waals surface area (Å²) in [6.07, 6.45) is 4.37. The van der Waals surface area contributed by atoms with Gasteiger partial charge in [0.25, 0.3) is 0 Å². The average molecular weight is 392 g/mol. The van der Waals surface area contributed by atoms with E-state index in [0.29, 0.717) is 5.41 Å². The summed E-state index contributed by atoms with van der Waals surface area (Å²) in [5.41, 5.74) is 7.15. The highest BCUT2D eigenvalue weighted by atomic mass is 15.2. The highest BCUT2D eigenvalue weighted by molar-refractivity contribution is 5.96. The molecule has 0 radical (unpaired) electrons. The maximum atomic E-state index is 5.22. The molecule has 1 saturated heterocycles. The molecule has 5 heteroatoms. The van der Waals surface area contributed by atoms with Gasteiger partial charge in [0, 0.05) is 41.0 Å². The molecule has 2 aromatic heterocycles. The third-order valence-corrected chi connectivity index (χ3v) is 6.29. The summed E-state index contributed by atoms with van der Waals surface area (Å²) in [5.74, 6) is 1.98. The predicted octanol–water partition coefficient (Wildman–Crippen LogP) is 5.39. The number of hydrogen-bond donors (Lipinski definition) is 1.